The molecule has 0 unspecified atom stereocenters. The zero-order valence-corrected chi connectivity index (χ0v) is 9.79. The largest absolute Gasteiger partial charge is 0.465 e. The maximum Gasteiger partial charge on any atom is 0.338 e. The first-order chi connectivity index (χ1) is 6.97. The Hall–Kier alpha value is -0.990. The molecule has 0 aliphatic rings. The van der Waals surface area contributed by atoms with Crippen molar-refractivity contribution < 1.29 is 18.3 Å². The second-order valence-electron chi connectivity index (χ2n) is 2.58. The van der Waals surface area contributed by atoms with E-state index in [9.17, 15) is 13.6 Å². The zero-order valence-electron chi connectivity index (χ0n) is 7.63. The minimum atomic E-state index is -2.86. The summed E-state index contributed by atoms with van der Waals surface area (Å²) in [4.78, 5) is 14.8. The van der Waals surface area contributed by atoms with Crippen LogP contribution in [0.3, 0.4) is 0 Å². The van der Waals surface area contributed by atoms with Gasteiger partial charge in [-0.1, -0.05) is 0 Å². The predicted molar refractivity (Wildman–Crippen MR) is 57.7 cm³/mol. The van der Waals surface area contributed by atoms with Gasteiger partial charge in [-0.15, -0.1) is 0 Å². The van der Waals surface area contributed by atoms with Crippen LogP contribution in [0.25, 0.3) is 0 Å². The predicted octanol–water partition coefficient (Wildman–Crippen LogP) is 1.99. The maximum atomic E-state index is 12.6. The first kappa shape index (κ1) is 12.1. The number of hydrogen-bond acceptors (Lipinski definition) is 4. The Morgan fingerprint density at radius 3 is 2.73 bits per heavy atom. The molecule has 0 aromatic carbocycles. The van der Waals surface area contributed by atoms with Gasteiger partial charge in [-0.05, 0) is 28.7 Å². The van der Waals surface area contributed by atoms with Gasteiger partial charge < -0.3 is 10.5 Å². The van der Waals surface area contributed by atoms with Crippen molar-refractivity contribution in [1.29, 1.82) is 0 Å². The molecule has 15 heavy (non-hydrogen) atoms. The standard InChI is InChI=1S/C8H7F2IN2O2/c1-15-8(14)3-2-4(11)13-7(12)5(3)6(9)10/h2,6H,1H3,(H2,12,13). The van der Waals surface area contributed by atoms with Crippen molar-refractivity contribution >= 4 is 34.4 Å². The highest BCUT2D eigenvalue weighted by Crippen LogP contribution is 2.28. The van der Waals surface area contributed by atoms with Crippen LogP contribution in [0.5, 0.6) is 0 Å². The van der Waals surface area contributed by atoms with Crippen molar-refractivity contribution in [3.63, 3.8) is 0 Å². The highest BCUT2D eigenvalue weighted by Gasteiger charge is 2.23. The quantitative estimate of drug-likeness (QED) is 0.512. The lowest BCUT2D eigenvalue weighted by atomic mass is 10.1. The molecule has 1 heterocycles. The van der Waals surface area contributed by atoms with Gasteiger partial charge in [-0.25, -0.2) is 18.6 Å². The number of carbonyl (C=O) groups is 1. The van der Waals surface area contributed by atoms with Crippen LogP contribution < -0.4 is 5.73 Å². The number of hydrogen-bond donors (Lipinski definition) is 1. The number of halogens is 3. The highest BCUT2D eigenvalue weighted by molar-refractivity contribution is 14.1. The van der Waals surface area contributed by atoms with Crippen LogP contribution in [0.15, 0.2) is 6.07 Å². The van der Waals surface area contributed by atoms with Gasteiger partial charge in [0.05, 0.1) is 18.2 Å². The van der Waals surface area contributed by atoms with Crippen LogP contribution in [0, 0.1) is 3.70 Å². The van der Waals surface area contributed by atoms with Gasteiger partial charge in [0.2, 0.25) is 0 Å². The summed E-state index contributed by atoms with van der Waals surface area (Å²) in [5.74, 6) is -1.20. The number of ether oxygens (including phenoxy) is 1. The molecule has 0 saturated heterocycles. The second kappa shape index (κ2) is 4.69. The van der Waals surface area contributed by atoms with E-state index in [1.54, 1.807) is 22.6 Å². The fraction of sp³-hybridized carbons (Fsp3) is 0.250. The number of rotatable bonds is 2. The number of pyridine rings is 1. The van der Waals surface area contributed by atoms with E-state index < -0.39 is 18.0 Å². The zero-order chi connectivity index (χ0) is 11.6. The smallest absolute Gasteiger partial charge is 0.338 e. The van der Waals surface area contributed by atoms with E-state index in [-0.39, 0.29) is 11.4 Å². The summed E-state index contributed by atoms with van der Waals surface area (Å²) in [7, 11) is 1.11. The fourth-order valence-corrected chi connectivity index (χ4v) is 1.62. The van der Waals surface area contributed by atoms with Crippen LogP contribution in [0.1, 0.15) is 22.3 Å². The van der Waals surface area contributed by atoms with Gasteiger partial charge >= 0.3 is 5.97 Å². The number of carbonyl (C=O) groups excluding carboxylic acids is 1. The second-order valence-corrected chi connectivity index (χ2v) is 3.69. The van der Waals surface area contributed by atoms with Crippen LogP contribution in [-0.2, 0) is 4.74 Å². The summed E-state index contributed by atoms with van der Waals surface area (Å²) < 4.78 is 29.9. The molecular weight excluding hydrogens is 321 g/mol. The monoisotopic (exact) mass is 328 g/mol. The summed E-state index contributed by atoms with van der Waals surface area (Å²) >= 11 is 1.78. The maximum absolute atomic E-state index is 12.6. The number of methoxy groups -OCH3 is 1. The van der Waals surface area contributed by atoms with Crippen molar-refractivity contribution in [2.24, 2.45) is 0 Å². The van der Waals surface area contributed by atoms with Crippen LogP contribution in [0.4, 0.5) is 14.6 Å². The van der Waals surface area contributed by atoms with Gasteiger partial charge in [0.25, 0.3) is 6.43 Å². The lowest BCUT2D eigenvalue weighted by molar-refractivity contribution is 0.0589. The average molecular weight is 328 g/mol. The van der Waals surface area contributed by atoms with Crippen molar-refractivity contribution in [1.82, 2.24) is 4.98 Å². The third-order valence-corrected chi connectivity index (χ3v) is 2.23. The molecule has 0 fully saturated rings. The molecule has 7 heteroatoms. The summed E-state index contributed by atoms with van der Waals surface area (Å²) in [6, 6.07) is 1.21. The molecule has 0 aliphatic heterocycles. The number of nitrogen functional groups attached to an aromatic ring is 1. The summed E-state index contributed by atoms with van der Waals surface area (Å²) in [6.45, 7) is 0. The number of esters is 1. The Morgan fingerprint density at radius 2 is 2.27 bits per heavy atom. The molecule has 4 nitrogen and oxygen atoms in total. The van der Waals surface area contributed by atoms with Crippen molar-refractivity contribution in [2.45, 2.75) is 6.43 Å². The number of nitrogens with zero attached hydrogens (tertiary/aromatic N) is 1. The molecule has 0 radical (unpaired) electrons. The minimum absolute atomic E-state index is 0.246. The Morgan fingerprint density at radius 1 is 1.67 bits per heavy atom. The SMILES string of the molecule is COC(=O)c1cc(I)nc(N)c1C(F)F. The lowest BCUT2D eigenvalue weighted by Gasteiger charge is -2.09. The molecule has 1 aromatic rings. The van der Waals surface area contributed by atoms with E-state index in [1.807, 2.05) is 0 Å². The fourth-order valence-electron chi connectivity index (χ4n) is 1.05. The molecule has 2 N–H and O–H groups in total. The van der Waals surface area contributed by atoms with Gasteiger partial charge in [-0.2, -0.15) is 0 Å². The van der Waals surface area contributed by atoms with E-state index in [2.05, 4.69) is 9.72 Å². The van der Waals surface area contributed by atoms with Gasteiger partial charge in [0.1, 0.15) is 9.52 Å². The van der Waals surface area contributed by atoms with E-state index in [4.69, 9.17) is 5.73 Å². The summed E-state index contributed by atoms with van der Waals surface area (Å²) in [5, 5.41) is 0. The topological polar surface area (TPSA) is 65.2 Å². The first-order valence-electron chi connectivity index (χ1n) is 3.79. The highest BCUT2D eigenvalue weighted by atomic mass is 127. The number of aromatic nitrogens is 1. The van der Waals surface area contributed by atoms with E-state index in [1.165, 1.54) is 6.07 Å². The molecule has 1 rings (SSSR count). The van der Waals surface area contributed by atoms with Crippen LogP contribution in [0.2, 0.25) is 0 Å². The molecule has 0 atom stereocenters. The average Bonchev–Trinajstić information content (AvgIpc) is 2.14. The van der Waals surface area contributed by atoms with E-state index in [0.717, 1.165) is 7.11 Å². The summed E-state index contributed by atoms with van der Waals surface area (Å²) in [6.07, 6.45) is -2.86. The molecule has 0 amide bonds. The van der Waals surface area contributed by atoms with Crippen LogP contribution >= 0.6 is 22.6 Å². The Labute approximate surface area is 98.0 Å². The number of anilines is 1. The van der Waals surface area contributed by atoms with Crippen LogP contribution in [-0.4, -0.2) is 18.1 Å². The molecule has 82 valence electrons. The van der Waals surface area contributed by atoms with Gasteiger partial charge in [0, 0.05) is 0 Å². The first-order valence-corrected chi connectivity index (χ1v) is 4.87. The third kappa shape index (κ3) is 2.52. The Kier molecular flexibility index (Phi) is 3.77. The molecular formula is C8H7F2IN2O2. The van der Waals surface area contributed by atoms with Crippen molar-refractivity contribution in [3.05, 3.63) is 20.9 Å². The number of nitrogens with two attached hydrogens (primary N) is 1. The van der Waals surface area contributed by atoms with Gasteiger partial charge in [0.15, 0.2) is 0 Å². The Balaban J connectivity index is 3.40. The summed E-state index contributed by atoms with van der Waals surface area (Å²) in [5.41, 5.74) is 4.48. The normalized spacial score (nSPS) is 10.5. The molecule has 0 aliphatic carbocycles. The van der Waals surface area contributed by atoms with E-state index >= 15 is 0 Å². The molecule has 0 spiro atoms. The Bertz CT molecular complexity index is 398. The number of alkyl halides is 2. The molecule has 0 bridgehead atoms. The third-order valence-electron chi connectivity index (χ3n) is 1.68. The van der Waals surface area contributed by atoms with Crippen molar-refractivity contribution in [3.8, 4) is 0 Å². The van der Waals surface area contributed by atoms with E-state index in [0.29, 0.717) is 3.70 Å². The minimum Gasteiger partial charge on any atom is -0.465 e. The molecule has 1 aromatic heterocycles. The van der Waals surface area contributed by atoms with Crippen molar-refractivity contribution in [2.75, 3.05) is 12.8 Å². The lowest BCUT2D eigenvalue weighted by Crippen LogP contribution is -2.11. The molecule has 0 saturated carbocycles. The van der Waals surface area contributed by atoms with Gasteiger partial charge in [-0.3, -0.25) is 0 Å².